The molecule has 114 valence electrons. The molecular weight excluding hydrogens is 314 g/mol. The van der Waals surface area contributed by atoms with Crippen LogP contribution in [-0.2, 0) is 6.54 Å². The van der Waals surface area contributed by atoms with E-state index in [0.29, 0.717) is 6.04 Å². The predicted octanol–water partition coefficient (Wildman–Crippen LogP) is 4.68. The van der Waals surface area contributed by atoms with Crippen molar-refractivity contribution in [3.8, 4) is 0 Å². The van der Waals surface area contributed by atoms with Crippen LogP contribution in [0.1, 0.15) is 70.5 Å². The van der Waals surface area contributed by atoms with E-state index in [1.165, 1.54) is 50.6 Å². The van der Waals surface area contributed by atoms with Crippen LogP contribution < -0.4 is 5.32 Å². The van der Waals surface area contributed by atoms with Gasteiger partial charge in [-0.05, 0) is 41.7 Å². The molecule has 0 radical (unpaired) electrons. The molecule has 20 heavy (non-hydrogen) atoms. The van der Waals surface area contributed by atoms with Crippen LogP contribution in [0.25, 0.3) is 0 Å². The summed E-state index contributed by atoms with van der Waals surface area (Å²) in [6, 6.07) is 0.430. The van der Waals surface area contributed by atoms with Crippen LogP contribution in [0.2, 0.25) is 0 Å². The number of rotatable bonds is 6. The van der Waals surface area contributed by atoms with Crippen molar-refractivity contribution in [2.24, 2.45) is 5.92 Å². The largest absolute Gasteiger partial charge is 0.309 e. The number of halogens is 1. The normalized spacial score (nSPS) is 18.9. The first-order valence-electron chi connectivity index (χ1n) is 8.20. The Hall–Kier alpha value is -0.350. The molecule has 1 atom stereocenters. The quantitative estimate of drug-likeness (QED) is 0.761. The number of nitrogens with zero attached hydrogens (tertiary/aromatic N) is 2. The van der Waals surface area contributed by atoms with Crippen molar-refractivity contribution < 1.29 is 0 Å². The van der Waals surface area contributed by atoms with Crippen LogP contribution >= 0.6 is 15.9 Å². The molecule has 1 aromatic rings. The van der Waals surface area contributed by atoms with Gasteiger partial charge in [0.15, 0.2) is 0 Å². The third kappa shape index (κ3) is 4.08. The Morgan fingerprint density at radius 3 is 2.60 bits per heavy atom. The molecule has 0 aliphatic heterocycles. The van der Waals surface area contributed by atoms with Crippen LogP contribution in [0.3, 0.4) is 0 Å². The van der Waals surface area contributed by atoms with E-state index in [1.807, 2.05) is 6.20 Å². The van der Waals surface area contributed by atoms with Crippen molar-refractivity contribution >= 4 is 15.9 Å². The standard InChI is InChI=1S/C16H28BrN3/c1-3-18-15(11-13-9-7-5-6-8-10-13)16-14(17)12-19-20(16)4-2/h12-13,15,18H,3-11H2,1-2H3. The second kappa shape index (κ2) is 8.18. The second-order valence-electron chi connectivity index (χ2n) is 5.90. The highest BCUT2D eigenvalue weighted by atomic mass is 79.9. The van der Waals surface area contributed by atoms with Crippen molar-refractivity contribution in [1.82, 2.24) is 15.1 Å². The molecule has 1 fully saturated rings. The minimum absolute atomic E-state index is 0.430. The molecule has 1 aliphatic rings. The van der Waals surface area contributed by atoms with Gasteiger partial charge in [-0.1, -0.05) is 45.4 Å². The molecular formula is C16H28BrN3. The molecule has 1 aromatic heterocycles. The fourth-order valence-corrected chi connectivity index (χ4v) is 4.01. The van der Waals surface area contributed by atoms with Crippen molar-refractivity contribution in [3.63, 3.8) is 0 Å². The van der Waals surface area contributed by atoms with Gasteiger partial charge in [0.25, 0.3) is 0 Å². The number of hydrogen-bond donors (Lipinski definition) is 1. The van der Waals surface area contributed by atoms with Crippen LogP contribution in [0.15, 0.2) is 10.7 Å². The fraction of sp³-hybridized carbons (Fsp3) is 0.812. The molecule has 1 heterocycles. The van der Waals surface area contributed by atoms with Gasteiger partial charge in [-0.15, -0.1) is 0 Å². The summed E-state index contributed by atoms with van der Waals surface area (Å²) in [5.41, 5.74) is 1.33. The summed E-state index contributed by atoms with van der Waals surface area (Å²) in [5.74, 6) is 0.869. The average molecular weight is 342 g/mol. The smallest absolute Gasteiger partial charge is 0.0695 e. The minimum Gasteiger partial charge on any atom is -0.309 e. The zero-order chi connectivity index (χ0) is 14.4. The molecule has 1 saturated carbocycles. The van der Waals surface area contributed by atoms with Crippen LogP contribution in [0.4, 0.5) is 0 Å². The number of aromatic nitrogens is 2. The highest BCUT2D eigenvalue weighted by molar-refractivity contribution is 9.10. The van der Waals surface area contributed by atoms with Gasteiger partial charge >= 0.3 is 0 Å². The predicted molar refractivity (Wildman–Crippen MR) is 87.8 cm³/mol. The first kappa shape index (κ1) is 16.0. The van der Waals surface area contributed by atoms with Gasteiger partial charge in [-0.25, -0.2) is 0 Å². The van der Waals surface area contributed by atoms with E-state index >= 15 is 0 Å². The maximum absolute atomic E-state index is 4.48. The molecule has 0 saturated heterocycles. The maximum Gasteiger partial charge on any atom is 0.0695 e. The second-order valence-corrected chi connectivity index (χ2v) is 6.75. The number of aryl methyl sites for hydroxylation is 1. The first-order valence-corrected chi connectivity index (χ1v) is 9.00. The summed E-state index contributed by atoms with van der Waals surface area (Å²) in [5, 5.41) is 8.16. The topological polar surface area (TPSA) is 29.9 Å². The van der Waals surface area contributed by atoms with Gasteiger partial charge in [-0.3, -0.25) is 4.68 Å². The van der Waals surface area contributed by atoms with Crippen LogP contribution in [0.5, 0.6) is 0 Å². The highest BCUT2D eigenvalue weighted by Gasteiger charge is 2.23. The Labute approximate surface area is 131 Å². The molecule has 1 aliphatic carbocycles. The lowest BCUT2D eigenvalue weighted by atomic mass is 9.91. The maximum atomic E-state index is 4.48. The van der Waals surface area contributed by atoms with Crippen molar-refractivity contribution in [2.45, 2.75) is 71.4 Å². The third-order valence-electron chi connectivity index (χ3n) is 4.46. The van der Waals surface area contributed by atoms with Crippen molar-refractivity contribution in [1.29, 1.82) is 0 Å². The van der Waals surface area contributed by atoms with Crippen LogP contribution in [-0.4, -0.2) is 16.3 Å². The SMILES string of the molecule is CCNC(CC1CCCCCC1)c1c(Br)cnn1CC. The van der Waals surface area contributed by atoms with E-state index in [2.05, 4.69) is 44.9 Å². The van der Waals surface area contributed by atoms with E-state index < -0.39 is 0 Å². The number of hydrogen-bond acceptors (Lipinski definition) is 2. The summed E-state index contributed by atoms with van der Waals surface area (Å²) >= 11 is 3.69. The number of nitrogens with one attached hydrogen (secondary N) is 1. The Morgan fingerprint density at radius 2 is 2.00 bits per heavy atom. The molecule has 0 amide bonds. The van der Waals surface area contributed by atoms with Gasteiger partial charge < -0.3 is 5.32 Å². The van der Waals surface area contributed by atoms with E-state index in [1.54, 1.807) is 0 Å². The Kier molecular flexibility index (Phi) is 6.56. The summed E-state index contributed by atoms with van der Waals surface area (Å²) in [7, 11) is 0. The zero-order valence-electron chi connectivity index (χ0n) is 12.9. The van der Waals surface area contributed by atoms with E-state index in [0.717, 1.165) is 23.5 Å². The fourth-order valence-electron chi connectivity index (χ4n) is 3.44. The average Bonchev–Trinajstić information content (AvgIpc) is 2.64. The van der Waals surface area contributed by atoms with Crippen molar-refractivity contribution in [2.75, 3.05) is 6.54 Å². The van der Waals surface area contributed by atoms with E-state index in [-0.39, 0.29) is 0 Å². The Morgan fingerprint density at radius 1 is 1.30 bits per heavy atom. The van der Waals surface area contributed by atoms with Gasteiger partial charge in [0.2, 0.25) is 0 Å². The van der Waals surface area contributed by atoms with Crippen LogP contribution in [0, 0.1) is 5.92 Å². The van der Waals surface area contributed by atoms with Crippen molar-refractivity contribution in [3.05, 3.63) is 16.4 Å². The van der Waals surface area contributed by atoms with E-state index in [4.69, 9.17) is 0 Å². The molecule has 0 bridgehead atoms. The van der Waals surface area contributed by atoms with E-state index in [9.17, 15) is 0 Å². The highest BCUT2D eigenvalue weighted by Crippen LogP contribution is 2.33. The summed E-state index contributed by atoms with van der Waals surface area (Å²) < 4.78 is 3.28. The Balaban J connectivity index is 2.11. The first-order chi connectivity index (χ1) is 9.76. The van der Waals surface area contributed by atoms with Gasteiger partial charge in [-0.2, -0.15) is 5.10 Å². The lowest BCUT2D eigenvalue weighted by Crippen LogP contribution is -2.26. The molecule has 0 aromatic carbocycles. The summed E-state index contributed by atoms with van der Waals surface area (Å²) in [6.07, 6.45) is 11.7. The monoisotopic (exact) mass is 341 g/mol. The minimum atomic E-state index is 0.430. The molecule has 1 N–H and O–H groups in total. The zero-order valence-corrected chi connectivity index (χ0v) is 14.5. The molecule has 3 nitrogen and oxygen atoms in total. The third-order valence-corrected chi connectivity index (χ3v) is 5.07. The molecule has 2 rings (SSSR count). The van der Waals surface area contributed by atoms with Gasteiger partial charge in [0.05, 0.1) is 22.4 Å². The van der Waals surface area contributed by atoms with Gasteiger partial charge in [0, 0.05) is 6.54 Å². The Bertz CT molecular complexity index is 394. The summed E-state index contributed by atoms with van der Waals surface area (Å²) in [6.45, 7) is 6.31. The molecule has 0 spiro atoms. The summed E-state index contributed by atoms with van der Waals surface area (Å²) in [4.78, 5) is 0. The van der Waals surface area contributed by atoms with Gasteiger partial charge in [0.1, 0.15) is 0 Å². The molecule has 1 unspecified atom stereocenters. The lowest BCUT2D eigenvalue weighted by molar-refractivity contribution is 0.346. The molecule has 4 heteroatoms. The lowest BCUT2D eigenvalue weighted by Gasteiger charge is -2.24.